The Morgan fingerprint density at radius 1 is 1.13 bits per heavy atom. The van der Waals surface area contributed by atoms with E-state index in [-0.39, 0.29) is 0 Å². The Bertz CT molecular complexity index is 451. The zero-order valence-corrected chi connectivity index (χ0v) is 9.59. The van der Waals surface area contributed by atoms with Crippen molar-refractivity contribution >= 4 is 34.8 Å². The minimum absolute atomic E-state index is 0.330. The van der Waals surface area contributed by atoms with Crippen LogP contribution in [0.4, 0.5) is 0 Å². The number of hydrogen-bond donors (Lipinski definition) is 0. The summed E-state index contributed by atoms with van der Waals surface area (Å²) >= 11 is 17.5. The van der Waals surface area contributed by atoms with E-state index < -0.39 is 3.79 Å². The highest BCUT2D eigenvalue weighted by Crippen LogP contribution is 2.42. The van der Waals surface area contributed by atoms with Gasteiger partial charge in [-0.15, -0.1) is 10.2 Å². The van der Waals surface area contributed by atoms with Gasteiger partial charge in [-0.05, 0) is 6.07 Å². The second kappa shape index (κ2) is 4.00. The molecule has 0 aliphatic heterocycles. The Kier molecular flexibility index (Phi) is 2.87. The molecule has 0 N–H and O–H groups in total. The molecule has 0 atom stereocenters. The fourth-order valence-corrected chi connectivity index (χ4v) is 1.70. The van der Waals surface area contributed by atoms with Gasteiger partial charge in [0.1, 0.15) is 0 Å². The molecule has 0 spiro atoms. The first-order chi connectivity index (χ1) is 7.09. The van der Waals surface area contributed by atoms with Crippen molar-refractivity contribution in [3.8, 4) is 11.5 Å². The van der Waals surface area contributed by atoms with Crippen LogP contribution in [0.3, 0.4) is 0 Å². The summed E-state index contributed by atoms with van der Waals surface area (Å²) < 4.78 is 3.55. The molecule has 1 aromatic heterocycles. The molecule has 0 bridgehead atoms. The highest BCUT2D eigenvalue weighted by atomic mass is 35.6. The van der Waals surface area contributed by atoms with Gasteiger partial charge in [-0.3, -0.25) is 0 Å². The molecule has 0 aliphatic carbocycles. The third-order valence-electron chi connectivity index (χ3n) is 1.82. The molecule has 15 heavy (non-hydrogen) atoms. The fourth-order valence-electron chi connectivity index (χ4n) is 1.21. The first kappa shape index (κ1) is 10.7. The van der Waals surface area contributed by atoms with Crippen LogP contribution in [0.25, 0.3) is 11.5 Å². The molecule has 3 nitrogen and oxygen atoms in total. The van der Waals surface area contributed by atoms with Crippen LogP contribution in [0, 0.1) is 0 Å². The molecule has 78 valence electrons. The van der Waals surface area contributed by atoms with Crippen molar-refractivity contribution in [1.29, 1.82) is 0 Å². The van der Waals surface area contributed by atoms with Crippen LogP contribution in [-0.4, -0.2) is 10.2 Å². The summed E-state index contributed by atoms with van der Waals surface area (Å²) in [5.41, 5.74) is 1.13. The predicted molar refractivity (Wildman–Crippen MR) is 59.0 cm³/mol. The van der Waals surface area contributed by atoms with Crippen molar-refractivity contribution in [1.82, 2.24) is 10.2 Å². The summed E-state index contributed by atoms with van der Waals surface area (Å²) in [6, 6.07) is 7.04. The molecule has 2 rings (SSSR count). The first-order valence-electron chi connectivity index (χ1n) is 4.02. The van der Waals surface area contributed by atoms with Gasteiger partial charge < -0.3 is 4.42 Å². The Balaban J connectivity index is 2.58. The standard InChI is InChI=1S/C9H5Cl3N2O/c10-9(11,12)7-4-2-1-3-6(7)8-14-13-5-15-8/h1-5H. The van der Waals surface area contributed by atoms with Crippen LogP contribution in [0.15, 0.2) is 35.1 Å². The SMILES string of the molecule is ClC(Cl)(Cl)c1ccccc1-c1nnco1. The summed E-state index contributed by atoms with van der Waals surface area (Å²) in [6.07, 6.45) is 1.23. The molecule has 2 aromatic rings. The summed E-state index contributed by atoms with van der Waals surface area (Å²) in [5.74, 6) is 0.330. The van der Waals surface area contributed by atoms with Gasteiger partial charge in [0.25, 0.3) is 0 Å². The van der Waals surface area contributed by atoms with Gasteiger partial charge in [-0.1, -0.05) is 53.0 Å². The summed E-state index contributed by atoms with van der Waals surface area (Å²) in [4.78, 5) is 0. The van der Waals surface area contributed by atoms with Crippen LogP contribution in [-0.2, 0) is 3.79 Å². The molecule has 0 unspecified atom stereocenters. The Hall–Kier alpha value is -0.770. The van der Waals surface area contributed by atoms with Crippen molar-refractivity contribution in [2.24, 2.45) is 0 Å². The van der Waals surface area contributed by atoms with Crippen molar-refractivity contribution in [2.75, 3.05) is 0 Å². The number of halogens is 3. The molecular formula is C9H5Cl3N2O. The van der Waals surface area contributed by atoms with E-state index in [2.05, 4.69) is 10.2 Å². The third kappa shape index (κ3) is 2.25. The minimum atomic E-state index is -1.51. The molecular weight excluding hydrogens is 258 g/mol. The number of aromatic nitrogens is 2. The lowest BCUT2D eigenvalue weighted by Crippen LogP contribution is -2.02. The lowest BCUT2D eigenvalue weighted by molar-refractivity contribution is 0.568. The largest absolute Gasteiger partial charge is 0.423 e. The van der Waals surface area contributed by atoms with Crippen LogP contribution in [0.1, 0.15) is 5.56 Å². The Morgan fingerprint density at radius 2 is 1.87 bits per heavy atom. The average Bonchev–Trinajstić information content (AvgIpc) is 2.69. The van der Waals surface area contributed by atoms with E-state index in [1.165, 1.54) is 6.39 Å². The van der Waals surface area contributed by atoms with Crippen molar-refractivity contribution in [3.05, 3.63) is 36.2 Å². The van der Waals surface area contributed by atoms with E-state index in [4.69, 9.17) is 39.2 Å². The van der Waals surface area contributed by atoms with E-state index in [0.29, 0.717) is 17.0 Å². The number of rotatable bonds is 1. The lowest BCUT2D eigenvalue weighted by atomic mass is 10.1. The van der Waals surface area contributed by atoms with Gasteiger partial charge in [0.15, 0.2) is 0 Å². The molecule has 1 heterocycles. The minimum Gasteiger partial charge on any atom is -0.423 e. The number of benzene rings is 1. The summed E-state index contributed by atoms with van der Waals surface area (Å²) in [7, 11) is 0. The highest BCUT2D eigenvalue weighted by Gasteiger charge is 2.27. The van der Waals surface area contributed by atoms with Gasteiger partial charge >= 0.3 is 0 Å². The molecule has 1 aromatic carbocycles. The molecule has 6 heteroatoms. The van der Waals surface area contributed by atoms with Gasteiger partial charge in [0.2, 0.25) is 16.1 Å². The van der Waals surface area contributed by atoms with E-state index in [9.17, 15) is 0 Å². The smallest absolute Gasteiger partial charge is 0.247 e. The second-order valence-electron chi connectivity index (χ2n) is 2.79. The molecule has 0 saturated carbocycles. The maximum Gasteiger partial charge on any atom is 0.247 e. The van der Waals surface area contributed by atoms with Crippen molar-refractivity contribution in [2.45, 2.75) is 3.79 Å². The van der Waals surface area contributed by atoms with Crippen LogP contribution >= 0.6 is 34.8 Å². The van der Waals surface area contributed by atoms with Gasteiger partial charge in [-0.25, -0.2) is 0 Å². The van der Waals surface area contributed by atoms with Crippen LogP contribution < -0.4 is 0 Å². The van der Waals surface area contributed by atoms with Crippen LogP contribution in [0.5, 0.6) is 0 Å². The molecule has 0 fully saturated rings. The lowest BCUT2D eigenvalue weighted by Gasteiger charge is -2.13. The fraction of sp³-hybridized carbons (Fsp3) is 0.111. The first-order valence-corrected chi connectivity index (χ1v) is 5.15. The number of hydrogen-bond acceptors (Lipinski definition) is 3. The maximum atomic E-state index is 5.82. The maximum absolute atomic E-state index is 5.82. The molecule has 0 amide bonds. The summed E-state index contributed by atoms with van der Waals surface area (Å²) in [5, 5.41) is 7.34. The van der Waals surface area contributed by atoms with E-state index in [1.54, 1.807) is 24.3 Å². The zero-order chi connectivity index (χ0) is 10.9. The number of alkyl halides is 3. The average molecular weight is 264 g/mol. The van der Waals surface area contributed by atoms with E-state index in [1.807, 2.05) is 0 Å². The van der Waals surface area contributed by atoms with Crippen molar-refractivity contribution in [3.63, 3.8) is 0 Å². The third-order valence-corrected chi connectivity index (χ3v) is 2.43. The van der Waals surface area contributed by atoms with Gasteiger partial charge in [-0.2, -0.15) is 0 Å². The molecule has 0 aliphatic rings. The second-order valence-corrected chi connectivity index (χ2v) is 5.07. The quantitative estimate of drug-likeness (QED) is 0.738. The van der Waals surface area contributed by atoms with Crippen molar-refractivity contribution < 1.29 is 4.42 Å². The van der Waals surface area contributed by atoms with E-state index >= 15 is 0 Å². The van der Waals surface area contributed by atoms with Crippen LogP contribution in [0.2, 0.25) is 0 Å². The topological polar surface area (TPSA) is 38.9 Å². The Labute approximate surface area is 101 Å². The number of nitrogens with zero attached hydrogens (tertiary/aromatic N) is 2. The molecule has 0 saturated heterocycles. The predicted octanol–water partition coefficient (Wildman–Crippen LogP) is 3.56. The zero-order valence-electron chi connectivity index (χ0n) is 7.32. The summed E-state index contributed by atoms with van der Waals surface area (Å²) in [6.45, 7) is 0. The normalized spacial score (nSPS) is 11.7. The van der Waals surface area contributed by atoms with E-state index in [0.717, 1.165) is 0 Å². The van der Waals surface area contributed by atoms with Gasteiger partial charge in [0.05, 0.1) is 0 Å². The highest BCUT2D eigenvalue weighted by molar-refractivity contribution is 6.67. The van der Waals surface area contributed by atoms with Gasteiger partial charge in [0, 0.05) is 11.1 Å². The Morgan fingerprint density at radius 3 is 2.47 bits per heavy atom. The monoisotopic (exact) mass is 262 g/mol. The molecule has 0 radical (unpaired) electrons.